The zero-order chi connectivity index (χ0) is 24.7. The fourth-order valence-corrected chi connectivity index (χ4v) is 3.52. The Hall–Kier alpha value is -3.62. The first-order chi connectivity index (χ1) is 16.3. The molecule has 0 fully saturated rings. The number of imidazole rings is 1. The molecule has 0 atom stereocenters. The van der Waals surface area contributed by atoms with Crippen LogP contribution < -0.4 is 15.4 Å². The van der Waals surface area contributed by atoms with Crippen molar-refractivity contribution >= 4 is 11.8 Å². The van der Waals surface area contributed by atoms with Gasteiger partial charge in [0.2, 0.25) is 0 Å². The summed E-state index contributed by atoms with van der Waals surface area (Å²) in [5.41, 5.74) is 3.84. The van der Waals surface area contributed by atoms with Crippen LogP contribution in [0.3, 0.4) is 0 Å². The van der Waals surface area contributed by atoms with Crippen LogP contribution >= 0.6 is 0 Å². The highest BCUT2D eigenvalue weighted by atomic mass is 16.5. The molecule has 0 radical (unpaired) electrons. The molecule has 9 heteroatoms. The molecule has 0 saturated heterocycles. The van der Waals surface area contributed by atoms with Crippen LogP contribution in [-0.2, 0) is 13.1 Å². The molecule has 0 spiro atoms. The minimum atomic E-state index is -0.166. The fraction of sp³-hybridized carbons (Fsp3) is 0.440. The SMILES string of the molecule is CCn1nc(C)cc1C(=O)NCCOc1cccc(Cn2cnc(C(=O)NCC(C)C)c2)c1C. The predicted octanol–water partition coefficient (Wildman–Crippen LogP) is 2.96. The van der Waals surface area contributed by atoms with Crippen LogP contribution in [-0.4, -0.2) is 50.8 Å². The highest BCUT2D eigenvalue weighted by molar-refractivity contribution is 5.92. The van der Waals surface area contributed by atoms with Crippen molar-refractivity contribution in [1.29, 1.82) is 0 Å². The Balaban J connectivity index is 1.54. The Morgan fingerprint density at radius 3 is 2.68 bits per heavy atom. The second-order valence-electron chi connectivity index (χ2n) is 8.67. The number of aromatic nitrogens is 4. The average Bonchev–Trinajstić information content (AvgIpc) is 3.43. The third-order valence-corrected chi connectivity index (χ3v) is 5.37. The molecule has 0 unspecified atom stereocenters. The molecule has 1 aromatic carbocycles. The lowest BCUT2D eigenvalue weighted by molar-refractivity contribution is 0.0931. The molecule has 0 bridgehead atoms. The van der Waals surface area contributed by atoms with E-state index in [0.29, 0.717) is 50.1 Å². The first-order valence-electron chi connectivity index (χ1n) is 11.6. The van der Waals surface area contributed by atoms with E-state index in [4.69, 9.17) is 4.74 Å². The number of benzene rings is 1. The Morgan fingerprint density at radius 1 is 1.15 bits per heavy atom. The van der Waals surface area contributed by atoms with Crippen molar-refractivity contribution < 1.29 is 14.3 Å². The van der Waals surface area contributed by atoms with E-state index in [1.54, 1.807) is 23.3 Å². The number of hydrogen-bond donors (Lipinski definition) is 2. The second-order valence-corrected chi connectivity index (χ2v) is 8.67. The molecule has 2 amide bonds. The summed E-state index contributed by atoms with van der Waals surface area (Å²) in [7, 11) is 0. The molecule has 3 rings (SSSR count). The number of ether oxygens (including phenoxy) is 1. The number of nitrogens with zero attached hydrogens (tertiary/aromatic N) is 4. The average molecular weight is 467 g/mol. The minimum absolute atomic E-state index is 0.162. The molecular weight excluding hydrogens is 432 g/mol. The zero-order valence-electron chi connectivity index (χ0n) is 20.6. The number of aryl methyl sites for hydroxylation is 2. The summed E-state index contributed by atoms with van der Waals surface area (Å²) < 4.78 is 9.51. The third-order valence-electron chi connectivity index (χ3n) is 5.37. The number of rotatable bonds is 11. The van der Waals surface area contributed by atoms with Crippen LogP contribution in [0.25, 0.3) is 0 Å². The van der Waals surface area contributed by atoms with Crippen LogP contribution in [0.5, 0.6) is 5.75 Å². The van der Waals surface area contributed by atoms with Crippen LogP contribution in [0.1, 0.15) is 58.6 Å². The van der Waals surface area contributed by atoms with Crippen molar-refractivity contribution in [1.82, 2.24) is 30.0 Å². The Labute approximate surface area is 200 Å². The van der Waals surface area contributed by atoms with E-state index in [9.17, 15) is 9.59 Å². The fourth-order valence-electron chi connectivity index (χ4n) is 3.52. The molecule has 0 aliphatic heterocycles. The molecule has 34 heavy (non-hydrogen) atoms. The van der Waals surface area contributed by atoms with Gasteiger partial charge >= 0.3 is 0 Å². The van der Waals surface area contributed by atoms with Gasteiger partial charge < -0.3 is 19.9 Å². The maximum Gasteiger partial charge on any atom is 0.271 e. The molecule has 3 aromatic rings. The summed E-state index contributed by atoms with van der Waals surface area (Å²) in [5.74, 6) is 0.815. The maximum absolute atomic E-state index is 12.4. The van der Waals surface area contributed by atoms with E-state index in [-0.39, 0.29) is 11.8 Å². The van der Waals surface area contributed by atoms with Crippen LogP contribution in [0, 0.1) is 19.8 Å². The third kappa shape index (κ3) is 6.46. The van der Waals surface area contributed by atoms with Gasteiger partial charge in [-0.05, 0) is 49.9 Å². The highest BCUT2D eigenvalue weighted by Crippen LogP contribution is 2.22. The standard InChI is InChI=1S/C25H34N6O3/c1-6-31-22(12-18(4)29-31)25(33)26-10-11-34-23-9-7-8-20(19(23)5)14-30-15-21(28-16-30)24(32)27-13-17(2)3/h7-9,12,15-17H,6,10-11,13-14H2,1-5H3,(H,26,33)(H,27,32). The highest BCUT2D eigenvalue weighted by Gasteiger charge is 2.13. The van der Waals surface area contributed by atoms with Gasteiger partial charge in [0.15, 0.2) is 0 Å². The summed E-state index contributed by atoms with van der Waals surface area (Å²) in [6, 6.07) is 7.65. The quantitative estimate of drug-likeness (QED) is 0.423. The first-order valence-corrected chi connectivity index (χ1v) is 11.6. The minimum Gasteiger partial charge on any atom is -0.491 e. The van der Waals surface area contributed by atoms with Crippen molar-refractivity contribution in [2.75, 3.05) is 19.7 Å². The predicted molar refractivity (Wildman–Crippen MR) is 130 cm³/mol. The van der Waals surface area contributed by atoms with Gasteiger partial charge in [0, 0.05) is 25.8 Å². The van der Waals surface area contributed by atoms with Crippen molar-refractivity contribution in [2.45, 2.75) is 47.7 Å². The summed E-state index contributed by atoms with van der Waals surface area (Å²) in [6.07, 6.45) is 3.41. The van der Waals surface area contributed by atoms with Crippen molar-refractivity contribution in [3.63, 3.8) is 0 Å². The van der Waals surface area contributed by atoms with Gasteiger partial charge in [0.1, 0.15) is 23.7 Å². The summed E-state index contributed by atoms with van der Waals surface area (Å²) in [4.78, 5) is 28.9. The number of nitrogens with one attached hydrogen (secondary N) is 2. The Bertz CT molecular complexity index is 1130. The molecule has 0 aliphatic carbocycles. The van der Waals surface area contributed by atoms with Gasteiger partial charge in [-0.3, -0.25) is 14.3 Å². The lowest BCUT2D eigenvalue weighted by Crippen LogP contribution is -2.30. The van der Waals surface area contributed by atoms with Crippen molar-refractivity contribution in [3.05, 3.63) is 65.0 Å². The topological polar surface area (TPSA) is 103 Å². The maximum atomic E-state index is 12.4. The van der Waals surface area contributed by atoms with E-state index < -0.39 is 0 Å². The summed E-state index contributed by atoms with van der Waals surface area (Å²) in [6.45, 7) is 12.5. The van der Waals surface area contributed by atoms with E-state index in [0.717, 1.165) is 22.6 Å². The lowest BCUT2D eigenvalue weighted by Gasteiger charge is -2.14. The van der Waals surface area contributed by atoms with E-state index in [1.807, 2.05) is 57.4 Å². The van der Waals surface area contributed by atoms with Crippen LogP contribution in [0.4, 0.5) is 0 Å². The van der Waals surface area contributed by atoms with E-state index in [2.05, 4.69) is 20.7 Å². The number of hydrogen-bond acceptors (Lipinski definition) is 5. The second kappa shape index (κ2) is 11.5. The molecular formula is C25H34N6O3. The molecule has 0 aliphatic rings. The molecule has 2 aromatic heterocycles. The van der Waals surface area contributed by atoms with Gasteiger partial charge in [-0.25, -0.2) is 4.98 Å². The van der Waals surface area contributed by atoms with Crippen LogP contribution in [0.2, 0.25) is 0 Å². The zero-order valence-corrected chi connectivity index (χ0v) is 20.6. The van der Waals surface area contributed by atoms with Crippen LogP contribution in [0.15, 0.2) is 36.8 Å². The smallest absolute Gasteiger partial charge is 0.271 e. The number of amides is 2. The summed E-state index contributed by atoms with van der Waals surface area (Å²) in [5, 5.41) is 10.1. The van der Waals surface area contributed by atoms with Gasteiger partial charge in [-0.2, -0.15) is 5.10 Å². The molecule has 182 valence electrons. The monoisotopic (exact) mass is 466 g/mol. The molecule has 0 saturated carbocycles. The Kier molecular flexibility index (Phi) is 8.45. The Morgan fingerprint density at radius 2 is 1.94 bits per heavy atom. The molecule has 2 heterocycles. The summed E-state index contributed by atoms with van der Waals surface area (Å²) >= 11 is 0. The first kappa shape index (κ1) is 25.0. The van der Waals surface area contributed by atoms with E-state index in [1.165, 1.54) is 0 Å². The number of carbonyl (C=O) groups excluding carboxylic acids is 2. The van der Waals surface area contributed by atoms with Crippen molar-refractivity contribution in [2.24, 2.45) is 5.92 Å². The lowest BCUT2D eigenvalue weighted by atomic mass is 10.1. The molecule has 9 nitrogen and oxygen atoms in total. The van der Waals surface area contributed by atoms with Gasteiger partial charge in [0.05, 0.1) is 18.6 Å². The van der Waals surface area contributed by atoms with Crippen molar-refractivity contribution in [3.8, 4) is 5.75 Å². The number of carbonyl (C=O) groups is 2. The normalized spacial score (nSPS) is 11.0. The molecule has 2 N–H and O–H groups in total. The van der Waals surface area contributed by atoms with E-state index >= 15 is 0 Å². The van der Waals surface area contributed by atoms with Gasteiger partial charge in [-0.1, -0.05) is 26.0 Å². The largest absolute Gasteiger partial charge is 0.491 e. The van der Waals surface area contributed by atoms with Gasteiger partial charge in [-0.15, -0.1) is 0 Å². The van der Waals surface area contributed by atoms with Gasteiger partial charge in [0.25, 0.3) is 11.8 Å².